The van der Waals surface area contributed by atoms with Crippen LogP contribution in [0.3, 0.4) is 0 Å². The van der Waals surface area contributed by atoms with Crippen LogP contribution in [-0.2, 0) is 21.1 Å². The predicted octanol–water partition coefficient (Wildman–Crippen LogP) is 2.98. The molecule has 1 aliphatic carbocycles. The molecule has 2 aliphatic rings. The number of nitrogens with zero attached hydrogens (tertiary/aromatic N) is 1. The molecule has 7 heteroatoms. The van der Waals surface area contributed by atoms with Crippen LogP contribution in [0.4, 0.5) is 4.39 Å². The minimum Gasteiger partial charge on any atom is -0.340 e. The molecular formula is C17H21ClFNO3S. The van der Waals surface area contributed by atoms with Crippen molar-refractivity contribution in [2.45, 2.75) is 49.0 Å². The Balaban J connectivity index is 1.59. The number of carbonyl (C=O) groups excluding carboxylic acids is 1. The van der Waals surface area contributed by atoms with E-state index >= 15 is 0 Å². The van der Waals surface area contributed by atoms with Crippen molar-refractivity contribution in [1.82, 2.24) is 4.90 Å². The normalized spacial score (nSPS) is 20.0. The summed E-state index contributed by atoms with van der Waals surface area (Å²) in [6.07, 6.45) is 4.36. The van der Waals surface area contributed by atoms with Gasteiger partial charge in [-0.1, -0.05) is 36.9 Å². The largest absolute Gasteiger partial charge is 0.340 e. The van der Waals surface area contributed by atoms with Crippen LogP contribution >= 0.6 is 11.6 Å². The van der Waals surface area contributed by atoms with Gasteiger partial charge in [-0.05, 0) is 25.0 Å². The Bertz CT molecular complexity index is 705. The molecule has 1 heterocycles. The minimum atomic E-state index is -3.17. The van der Waals surface area contributed by atoms with Crippen LogP contribution in [0.1, 0.15) is 37.7 Å². The number of hydrogen-bond acceptors (Lipinski definition) is 3. The van der Waals surface area contributed by atoms with E-state index in [1.807, 2.05) is 0 Å². The zero-order valence-electron chi connectivity index (χ0n) is 13.4. The lowest BCUT2D eigenvalue weighted by Crippen LogP contribution is -2.59. The summed E-state index contributed by atoms with van der Waals surface area (Å²) in [7, 11) is -3.17. The van der Waals surface area contributed by atoms with Gasteiger partial charge in [-0.25, -0.2) is 12.8 Å². The summed E-state index contributed by atoms with van der Waals surface area (Å²) in [6.45, 7) is 0.424. The van der Waals surface area contributed by atoms with Crippen LogP contribution in [0.5, 0.6) is 0 Å². The first kappa shape index (κ1) is 17.7. The highest BCUT2D eigenvalue weighted by Gasteiger charge is 2.43. The smallest absolute Gasteiger partial charge is 0.227 e. The molecule has 1 amide bonds. The van der Waals surface area contributed by atoms with Crippen LogP contribution in [0.25, 0.3) is 0 Å². The summed E-state index contributed by atoms with van der Waals surface area (Å²) in [5, 5.41) is -0.509. The van der Waals surface area contributed by atoms with Crippen molar-refractivity contribution in [1.29, 1.82) is 0 Å². The number of carbonyl (C=O) groups is 1. The van der Waals surface area contributed by atoms with Gasteiger partial charge in [0.2, 0.25) is 5.91 Å². The number of likely N-dealkylation sites (tertiary alicyclic amines) is 1. The van der Waals surface area contributed by atoms with E-state index in [0.717, 1.165) is 32.1 Å². The number of rotatable bonds is 4. The molecule has 0 radical (unpaired) electrons. The Morgan fingerprint density at radius 3 is 2.46 bits per heavy atom. The van der Waals surface area contributed by atoms with Gasteiger partial charge < -0.3 is 4.90 Å². The van der Waals surface area contributed by atoms with Crippen molar-refractivity contribution in [2.24, 2.45) is 0 Å². The molecule has 0 atom stereocenters. The van der Waals surface area contributed by atoms with Gasteiger partial charge in [0, 0.05) is 23.7 Å². The minimum absolute atomic E-state index is 0.137. The van der Waals surface area contributed by atoms with Gasteiger partial charge in [0.15, 0.2) is 9.84 Å². The number of halogens is 2. The summed E-state index contributed by atoms with van der Waals surface area (Å²) in [6, 6.07) is 4.29. The molecule has 132 valence electrons. The molecule has 0 unspecified atom stereocenters. The van der Waals surface area contributed by atoms with E-state index in [0.29, 0.717) is 0 Å². The van der Waals surface area contributed by atoms with E-state index in [9.17, 15) is 17.6 Å². The first-order valence-electron chi connectivity index (χ1n) is 8.33. The first-order chi connectivity index (χ1) is 11.4. The summed E-state index contributed by atoms with van der Waals surface area (Å²) >= 11 is 5.94. The molecule has 0 bridgehead atoms. The quantitative estimate of drug-likeness (QED) is 0.815. The fourth-order valence-corrected chi connectivity index (χ4v) is 6.02. The van der Waals surface area contributed by atoms with Crippen LogP contribution in [0.2, 0.25) is 5.02 Å². The number of benzene rings is 1. The monoisotopic (exact) mass is 373 g/mol. The maximum Gasteiger partial charge on any atom is 0.227 e. The summed E-state index contributed by atoms with van der Waals surface area (Å²) in [5.74, 6) is -0.792. The van der Waals surface area contributed by atoms with E-state index in [1.54, 1.807) is 6.07 Å². The van der Waals surface area contributed by atoms with E-state index in [2.05, 4.69) is 0 Å². The van der Waals surface area contributed by atoms with Crippen molar-refractivity contribution in [3.8, 4) is 0 Å². The maximum absolute atomic E-state index is 13.8. The van der Waals surface area contributed by atoms with Gasteiger partial charge in [0.05, 0.1) is 16.9 Å². The summed E-state index contributed by atoms with van der Waals surface area (Å²) in [4.78, 5) is 13.7. The number of amides is 1. The molecule has 1 saturated heterocycles. The van der Waals surface area contributed by atoms with Crippen LogP contribution in [0.15, 0.2) is 18.2 Å². The third-order valence-electron chi connectivity index (χ3n) is 5.07. The fourth-order valence-electron chi connectivity index (χ4n) is 3.48. The molecule has 0 spiro atoms. The molecule has 0 aromatic heterocycles. The molecule has 1 aromatic rings. The highest BCUT2D eigenvalue weighted by molar-refractivity contribution is 7.92. The zero-order valence-corrected chi connectivity index (χ0v) is 15.0. The first-order valence-corrected chi connectivity index (χ1v) is 10.3. The number of sulfone groups is 1. The van der Waals surface area contributed by atoms with Gasteiger partial charge in [-0.15, -0.1) is 0 Å². The number of hydrogen-bond donors (Lipinski definition) is 0. The molecule has 1 aromatic carbocycles. The van der Waals surface area contributed by atoms with Crippen molar-refractivity contribution < 1.29 is 17.6 Å². The van der Waals surface area contributed by atoms with Crippen molar-refractivity contribution in [3.63, 3.8) is 0 Å². The van der Waals surface area contributed by atoms with Crippen molar-refractivity contribution >= 4 is 27.3 Å². The molecule has 0 N–H and O–H groups in total. The van der Waals surface area contributed by atoms with E-state index < -0.39 is 20.9 Å². The van der Waals surface area contributed by atoms with Crippen molar-refractivity contribution in [2.75, 3.05) is 13.1 Å². The van der Waals surface area contributed by atoms with Gasteiger partial charge in [-0.2, -0.15) is 0 Å². The fraction of sp³-hybridized carbons (Fsp3) is 0.588. The highest BCUT2D eigenvalue weighted by atomic mass is 35.5. The molecule has 24 heavy (non-hydrogen) atoms. The van der Waals surface area contributed by atoms with Gasteiger partial charge in [0.25, 0.3) is 0 Å². The second kappa shape index (κ2) is 7.00. The standard InChI is InChI=1S/C17H21ClFNO3S/c18-15-7-4-8-16(19)14(15)9-17(21)20-10-13(11-20)24(22,23)12-5-2-1-3-6-12/h4,7-8,12-13H,1-3,5-6,9-11H2. The Labute approximate surface area is 146 Å². The average Bonchev–Trinajstić information content (AvgIpc) is 2.50. The van der Waals surface area contributed by atoms with Crippen LogP contribution < -0.4 is 0 Å². The van der Waals surface area contributed by atoms with E-state index in [4.69, 9.17) is 11.6 Å². The Hall–Kier alpha value is -1.14. The second-order valence-electron chi connectivity index (χ2n) is 6.65. The Kier molecular flexibility index (Phi) is 5.16. The predicted molar refractivity (Wildman–Crippen MR) is 91.3 cm³/mol. The van der Waals surface area contributed by atoms with Gasteiger partial charge in [-0.3, -0.25) is 4.79 Å². The van der Waals surface area contributed by atoms with Gasteiger partial charge >= 0.3 is 0 Å². The third kappa shape index (κ3) is 3.45. The van der Waals surface area contributed by atoms with Crippen LogP contribution in [0, 0.1) is 5.82 Å². The van der Waals surface area contributed by atoms with Gasteiger partial charge in [0.1, 0.15) is 5.82 Å². The highest BCUT2D eigenvalue weighted by Crippen LogP contribution is 2.30. The molecule has 1 saturated carbocycles. The third-order valence-corrected chi connectivity index (χ3v) is 8.05. The molecule has 3 rings (SSSR count). The molecule has 2 fully saturated rings. The lowest BCUT2D eigenvalue weighted by molar-refractivity contribution is -0.133. The Morgan fingerprint density at radius 2 is 1.83 bits per heavy atom. The SMILES string of the molecule is O=C(Cc1c(F)cccc1Cl)N1CC(S(=O)(=O)C2CCCCC2)C1. The zero-order chi connectivity index (χ0) is 17.3. The van der Waals surface area contributed by atoms with E-state index in [-0.39, 0.29) is 41.3 Å². The second-order valence-corrected chi connectivity index (χ2v) is 9.57. The Morgan fingerprint density at radius 1 is 1.17 bits per heavy atom. The van der Waals surface area contributed by atoms with Crippen molar-refractivity contribution in [3.05, 3.63) is 34.6 Å². The summed E-state index contributed by atoms with van der Waals surface area (Å²) in [5.41, 5.74) is 0.169. The van der Waals surface area contributed by atoms with Crippen LogP contribution in [-0.4, -0.2) is 42.8 Å². The molecule has 4 nitrogen and oxygen atoms in total. The average molecular weight is 374 g/mol. The lowest BCUT2D eigenvalue weighted by atomic mass is 10.0. The van der Waals surface area contributed by atoms with E-state index in [1.165, 1.54) is 17.0 Å². The molecular weight excluding hydrogens is 353 g/mol. The molecule has 1 aliphatic heterocycles. The lowest BCUT2D eigenvalue weighted by Gasteiger charge is -2.41. The summed E-state index contributed by atoms with van der Waals surface area (Å²) < 4.78 is 38.9. The maximum atomic E-state index is 13.8. The topological polar surface area (TPSA) is 54.5 Å².